The molecular weight excluding hydrogens is 236 g/mol. The van der Waals surface area contributed by atoms with E-state index < -0.39 is 0 Å². The molecule has 0 atom stereocenters. The van der Waals surface area contributed by atoms with Gasteiger partial charge >= 0.3 is 5.97 Å². The second-order valence-electron chi connectivity index (χ2n) is 3.68. The van der Waals surface area contributed by atoms with Gasteiger partial charge in [0.05, 0.1) is 36.9 Å². The van der Waals surface area contributed by atoms with E-state index in [4.69, 9.17) is 9.84 Å². The molecule has 0 unspecified atom stereocenters. The summed E-state index contributed by atoms with van der Waals surface area (Å²) < 4.78 is 9.81. The molecule has 96 valence electrons. The summed E-state index contributed by atoms with van der Waals surface area (Å²) in [5.74, 6) is 0.269. The lowest BCUT2D eigenvalue weighted by atomic mass is 10.2. The molecule has 0 saturated heterocycles. The number of esters is 1. The van der Waals surface area contributed by atoms with E-state index in [1.54, 1.807) is 18.2 Å². The molecule has 6 heteroatoms. The first-order valence-corrected chi connectivity index (χ1v) is 5.50. The maximum atomic E-state index is 11.4. The van der Waals surface area contributed by atoms with Crippen LogP contribution in [0.3, 0.4) is 0 Å². The Balaban J connectivity index is 2.20. The largest absolute Gasteiger partial charge is 0.465 e. The van der Waals surface area contributed by atoms with Crippen molar-refractivity contribution in [2.24, 2.45) is 0 Å². The van der Waals surface area contributed by atoms with E-state index in [2.05, 4.69) is 14.7 Å². The lowest BCUT2D eigenvalue weighted by Crippen LogP contribution is -2.00. The van der Waals surface area contributed by atoms with Crippen molar-refractivity contribution < 1.29 is 19.4 Å². The van der Waals surface area contributed by atoms with Crippen molar-refractivity contribution in [3.63, 3.8) is 0 Å². The van der Waals surface area contributed by atoms with Gasteiger partial charge in [-0.15, -0.1) is 0 Å². The summed E-state index contributed by atoms with van der Waals surface area (Å²) in [7, 11) is 1.34. The summed E-state index contributed by atoms with van der Waals surface area (Å²) in [4.78, 5) is 18.7. The first-order chi connectivity index (χ1) is 8.74. The lowest BCUT2D eigenvalue weighted by molar-refractivity contribution is 0.0601. The van der Waals surface area contributed by atoms with Crippen LogP contribution >= 0.6 is 0 Å². The van der Waals surface area contributed by atoms with Crippen molar-refractivity contribution in [1.82, 2.24) is 9.97 Å². The SMILES string of the molecule is COC(=O)c1ccc2nc(COCCO)[nH]c2c1. The number of aliphatic hydroxyl groups excluding tert-OH is 1. The van der Waals surface area contributed by atoms with Crippen LogP contribution in [0.25, 0.3) is 11.0 Å². The number of H-pyrrole nitrogens is 1. The zero-order valence-electron chi connectivity index (χ0n) is 9.97. The van der Waals surface area contributed by atoms with Crippen molar-refractivity contribution in [3.8, 4) is 0 Å². The molecular formula is C12H14N2O4. The Morgan fingerprint density at radius 3 is 3.06 bits per heavy atom. The number of aromatic amines is 1. The van der Waals surface area contributed by atoms with Crippen LogP contribution in [-0.4, -0.2) is 41.4 Å². The number of nitrogens with one attached hydrogen (secondary N) is 1. The molecule has 0 spiro atoms. The summed E-state index contributed by atoms with van der Waals surface area (Å²) in [6.45, 7) is 0.542. The minimum atomic E-state index is -0.385. The summed E-state index contributed by atoms with van der Waals surface area (Å²) in [6.07, 6.45) is 0. The fourth-order valence-corrected chi connectivity index (χ4v) is 1.61. The average Bonchev–Trinajstić information content (AvgIpc) is 2.79. The summed E-state index contributed by atoms with van der Waals surface area (Å²) in [5.41, 5.74) is 1.97. The number of aliphatic hydroxyl groups is 1. The molecule has 0 aliphatic carbocycles. The molecule has 0 aliphatic rings. The molecule has 6 nitrogen and oxygen atoms in total. The first-order valence-electron chi connectivity index (χ1n) is 5.50. The smallest absolute Gasteiger partial charge is 0.337 e. The van der Waals surface area contributed by atoms with Crippen LogP contribution in [-0.2, 0) is 16.1 Å². The van der Waals surface area contributed by atoms with Gasteiger partial charge in [0.25, 0.3) is 0 Å². The van der Waals surface area contributed by atoms with E-state index in [1.807, 2.05) is 0 Å². The molecule has 0 radical (unpaired) electrons. The number of carbonyl (C=O) groups excluding carboxylic acids is 1. The first kappa shape index (κ1) is 12.5. The van der Waals surface area contributed by atoms with Gasteiger partial charge in [0.15, 0.2) is 0 Å². The number of carbonyl (C=O) groups is 1. The molecule has 1 aromatic heterocycles. The van der Waals surface area contributed by atoms with Crippen LogP contribution in [0.15, 0.2) is 18.2 Å². The number of benzene rings is 1. The van der Waals surface area contributed by atoms with Crippen LogP contribution in [0, 0.1) is 0 Å². The van der Waals surface area contributed by atoms with Crippen LogP contribution < -0.4 is 0 Å². The van der Waals surface area contributed by atoms with E-state index in [1.165, 1.54) is 7.11 Å². The molecule has 0 aliphatic heterocycles. The Kier molecular flexibility index (Phi) is 3.91. The number of fused-ring (bicyclic) bond motifs is 1. The van der Waals surface area contributed by atoms with E-state index in [9.17, 15) is 4.79 Å². The third-order valence-electron chi connectivity index (χ3n) is 2.43. The van der Waals surface area contributed by atoms with Gasteiger partial charge in [0.1, 0.15) is 12.4 Å². The molecule has 0 fully saturated rings. The van der Waals surface area contributed by atoms with Crippen molar-refractivity contribution in [2.45, 2.75) is 6.61 Å². The van der Waals surface area contributed by atoms with Crippen molar-refractivity contribution in [2.75, 3.05) is 20.3 Å². The summed E-state index contributed by atoms with van der Waals surface area (Å²) >= 11 is 0. The van der Waals surface area contributed by atoms with Crippen LogP contribution in [0.2, 0.25) is 0 Å². The molecule has 2 rings (SSSR count). The van der Waals surface area contributed by atoms with Gasteiger partial charge in [-0.3, -0.25) is 0 Å². The Hall–Kier alpha value is -1.92. The van der Waals surface area contributed by atoms with Crippen LogP contribution in [0.5, 0.6) is 0 Å². The molecule has 0 saturated carbocycles. The number of methoxy groups -OCH3 is 1. The quantitative estimate of drug-likeness (QED) is 0.607. The van der Waals surface area contributed by atoms with E-state index in [0.29, 0.717) is 18.0 Å². The zero-order valence-corrected chi connectivity index (χ0v) is 9.97. The Bertz CT molecular complexity index is 550. The third-order valence-corrected chi connectivity index (χ3v) is 2.43. The average molecular weight is 250 g/mol. The summed E-state index contributed by atoms with van der Waals surface area (Å²) in [6, 6.07) is 5.09. The highest BCUT2D eigenvalue weighted by atomic mass is 16.5. The number of ether oxygens (including phenoxy) is 2. The lowest BCUT2D eigenvalue weighted by Gasteiger charge is -1.97. The van der Waals surface area contributed by atoms with Gasteiger partial charge in [0, 0.05) is 0 Å². The number of rotatable bonds is 5. The Labute approximate surface area is 104 Å². The fraction of sp³-hybridized carbons (Fsp3) is 0.333. The van der Waals surface area contributed by atoms with Gasteiger partial charge in [-0.05, 0) is 18.2 Å². The highest BCUT2D eigenvalue weighted by Gasteiger charge is 2.08. The molecule has 2 N–H and O–H groups in total. The Morgan fingerprint density at radius 1 is 1.50 bits per heavy atom. The third kappa shape index (κ3) is 2.66. The van der Waals surface area contributed by atoms with Crippen LogP contribution in [0.4, 0.5) is 0 Å². The number of hydrogen-bond donors (Lipinski definition) is 2. The maximum Gasteiger partial charge on any atom is 0.337 e. The minimum absolute atomic E-state index is 0.0211. The molecule has 1 heterocycles. The highest BCUT2D eigenvalue weighted by molar-refractivity contribution is 5.93. The molecule has 2 aromatic rings. The van der Waals surface area contributed by atoms with E-state index in [0.717, 1.165) is 11.0 Å². The second-order valence-corrected chi connectivity index (χ2v) is 3.68. The molecule has 1 aromatic carbocycles. The predicted octanol–water partition coefficient (Wildman–Crippen LogP) is 0.858. The van der Waals surface area contributed by atoms with Gasteiger partial charge in [-0.25, -0.2) is 9.78 Å². The molecule has 0 bridgehead atoms. The van der Waals surface area contributed by atoms with Gasteiger partial charge in [-0.2, -0.15) is 0 Å². The van der Waals surface area contributed by atoms with E-state index in [-0.39, 0.29) is 19.2 Å². The molecule has 18 heavy (non-hydrogen) atoms. The standard InChI is InChI=1S/C12H14N2O4/c1-17-12(16)8-2-3-9-10(6-8)14-11(13-9)7-18-5-4-15/h2-3,6,15H,4-5,7H2,1H3,(H,13,14). The van der Waals surface area contributed by atoms with E-state index >= 15 is 0 Å². The number of aromatic nitrogens is 2. The number of nitrogens with zero attached hydrogens (tertiary/aromatic N) is 1. The second kappa shape index (κ2) is 5.61. The topological polar surface area (TPSA) is 84.4 Å². The van der Waals surface area contributed by atoms with Gasteiger partial charge < -0.3 is 19.6 Å². The predicted molar refractivity (Wildman–Crippen MR) is 64.2 cm³/mol. The minimum Gasteiger partial charge on any atom is -0.465 e. The maximum absolute atomic E-state index is 11.4. The van der Waals surface area contributed by atoms with Crippen molar-refractivity contribution in [1.29, 1.82) is 0 Å². The number of imidazole rings is 1. The molecule has 0 amide bonds. The van der Waals surface area contributed by atoms with Crippen LogP contribution in [0.1, 0.15) is 16.2 Å². The highest BCUT2D eigenvalue weighted by Crippen LogP contribution is 2.14. The van der Waals surface area contributed by atoms with Gasteiger partial charge in [0.2, 0.25) is 0 Å². The fourth-order valence-electron chi connectivity index (χ4n) is 1.61. The Morgan fingerprint density at radius 2 is 2.33 bits per heavy atom. The number of hydrogen-bond acceptors (Lipinski definition) is 5. The normalized spacial score (nSPS) is 10.8. The summed E-state index contributed by atoms with van der Waals surface area (Å²) in [5, 5.41) is 8.60. The van der Waals surface area contributed by atoms with Crippen molar-refractivity contribution >= 4 is 17.0 Å². The monoisotopic (exact) mass is 250 g/mol. The van der Waals surface area contributed by atoms with Gasteiger partial charge in [-0.1, -0.05) is 0 Å². The zero-order chi connectivity index (χ0) is 13.0. The van der Waals surface area contributed by atoms with Crippen molar-refractivity contribution in [3.05, 3.63) is 29.6 Å².